The summed E-state index contributed by atoms with van der Waals surface area (Å²) in [5.74, 6) is 0.00546. The number of aryl methyl sites for hydroxylation is 1. The van der Waals surface area contributed by atoms with Crippen molar-refractivity contribution < 1.29 is 9.90 Å². The molecule has 0 radical (unpaired) electrons. The SMILES string of the molecule is Cc1cccc(C2=CCN(C(=O)CC(O)c3ccccc3)CC2)c1. The number of carbonyl (C=O) groups is 1. The van der Waals surface area contributed by atoms with Gasteiger partial charge < -0.3 is 10.0 Å². The van der Waals surface area contributed by atoms with Crippen molar-refractivity contribution in [3.63, 3.8) is 0 Å². The van der Waals surface area contributed by atoms with Crippen molar-refractivity contribution in [2.24, 2.45) is 0 Å². The zero-order valence-corrected chi connectivity index (χ0v) is 14.0. The van der Waals surface area contributed by atoms with Gasteiger partial charge in [0.2, 0.25) is 5.91 Å². The van der Waals surface area contributed by atoms with Gasteiger partial charge in [0.15, 0.2) is 0 Å². The van der Waals surface area contributed by atoms with E-state index in [-0.39, 0.29) is 12.3 Å². The van der Waals surface area contributed by atoms with E-state index in [4.69, 9.17) is 0 Å². The molecule has 3 nitrogen and oxygen atoms in total. The third-order valence-corrected chi connectivity index (χ3v) is 4.50. The van der Waals surface area contributed by atoms with Gasteiger partial charge in [-0.1, -0.05) is 66.2 Å². The summed E-state index contributed by atoms with van der Waals surface area (Å²) in [7, 11) is 0. The summed E-state index contributed by atoms with van der Waals surface area (Å²) in [6.45, 7) is 3.41. The monoisotopic (exact) mass is 321 g/mol. The zero-order chi connectivity index (χ0) is 16.9. The first kappa shape index (κ1) is 16.5. The molecule has 1 unspecified atom stereocenters. The van der Waals surface area contributed by atoms with Crippen LogP contribution in [0.15, 0.2) is 60.7 Å². The smallest absolute Gasteiger partial charge is 0.225 e. The van der Waals surface area contributed by atoms with Crippen molar-refractivity contribution in [3.05, 3.63) is 77.4 Å². The second kappa shape index (κ2) is 7.45. The van der Waals surface area contributed by atoms with Crippen LogP contribution in [0, 0.1) is 6.92 Å². The standard InChI is InChI=1S/C21H23NO2/c1-16-6-5-9-19(14-16)17-10-12-22(13-11-17)21(24)15-20(23)18-7-3-2-4-8-18/h2-10,14,20,23H,11-13,15H2,1H3. The molecule has 124 valence electrons. The van der Waals surface area contributed by atoms with Crippen molar-refractivity contribution in [2.45, 2.75) is 25.9 Å². The maximum atomic E-state index is 12.4. The lowest BCUT2D eigenvalue weighted by Crippen LogP contribution is -2.35. The third kappa shape index (κ3) is 3.92. The van der Waals surface area contributed by atoms with Crippen molar-refractivity contribution in [3.8, 4) is 0 Å². The van der Waals surface area contributed by atoms with E-state index >= 15 is 0 Å². The summed E-state index contributed by atoms with van der Waals surface area (Å²) < 4.78 is 0. The normalized spacial score (nSPS) is 15.8. The molecule has 2 aromatic carbocycles. The van der Waals surface area contributed by atoms with E-state index in [9.17, 15) is 9.90 Å². The molecule has 0 saturated carbocycles. The molecule has 0 aromatic heterocycles. The summed E-state index contributed by atoms with van der Waals surface area (Å²) in [4.78, 5) is 14.2. The summed E-state index contributed by atoms with van der Waals surface area (Å²) in [5.41, 5.74) is 4.58. The van der Waals surface area contributed by atoms with Gasteiger partial charge in [-0.15, -0.1) is 0 Å². The minimum atomic E-state index is -0.735. The van der Waals surface area contributed by atoms with Crippen LogP contribution in [0.3, 0.4) is 0 Å². The lowest BCUT2D eigenvalue weighted by molar-refractivity contribution is -0.132. The Morgan fingerprint density at radius 1 is 1.17 bits per heavy atom. The van der Waals surface area contributed by atoms with Gasteiger partial charge in [-0.3, -0.25) is 4.79 Å². The maximum absolute atomic E-state index is 12.4. The van der Waals surface area contributed by atoms with Crippen LogP contribution in [0.25, 0.3) is 5.57 Å². The molecule has 0 saturated heterocycles. The van der Waals surface area contributed by atoms with Crippen molar-refractivity contribution >= 4 is 11.5 Å². The topological polar surface area (TPSA) is 40.5 Å². The lowest BCUT2D eigenvalue weighted by atomic mass is 9.97. The number of aliphatic hydroxyl groups is 1. The first-order chi connectivity index (χ1) is 11.6. The number of amides is 1. The molecule has 1 amide bonds. The zero-order valence-electron chi connectivity index (χ0n) is 14.0. The molecule has 1 N–H and O–H groups in total. The first-order valence-electron chi connectivity index (χ1n) is 8.40. The summed E-state index contributed by atoms with van der Waals surface area (Å²) >= 11 is 0. The van der Waals surface area contributed by atoms with Gasteiger partial charge in [-0.25, -0.2) is 0 Å². The second-order valence-electron chi connectivity index (χ2n) is 6.32. The molecular weight excluding hydrogens is 298 g/mol. The second-order valence-corrected chi connectivity index (χ2v) is 6.32. The minimum Gasteiger partial charge on any atom is -0.388 e. The fourth-order valence-electron chi connectivity index (χ4n) is 3.09. The number of hydrogen-bond donors (Lipinski definition) is 1. The summed E-state index contributed by atoms with van der Waals surface area (Å²) in [5, 5.41) is 10.2. The Morgan fingerprint density at radius 3 is 2.62 bits per heavy atom. The van der Waals surface area contributed by atoms with Crippen LogP contribution in [-0.4, -0.2) is 29.0 Å². The van der Waals surface area contributed by atoms with E-state index in [1.165, 1.54) is 16.7 Å². The molecule has 1 aliphatic heterocycles. The lowest BCUT2D eigenvalue weighted by Gasteiger charge is -2.27. The number of hydrogen-bond acceptors (Lipinski definition) is 2. The molecule has 0 bridgehead atoms. The van der Waals surface area contributed by atoms with Crippen molar-refractivity contribution in [1.82, 2.24) is 4.90 Å². The Hall–Kier alpha value is -2.39. The van der Waals surface area contributed by atoms with Crippen LogP contribution in [-0.2, 0) is 4.79 Å². The van der Waals surface area contributed by atoms with Gasteiger partial charge in [-0.2, -0.15) is 0 Å². The van der Waals surface area contributed by atoms with E-state index in [0.29, 0.717) is 13.1 Å². The van der Waals surface area contributed by atoms with Crippen LogP contribution >= 0.6 is 0 Å². The molecule has 0 fully saturated rings. The highest BCUT2D eigenvalue weighted by Gasteiger charge is 2.21. The molecule has 1 heterocycles. The molecule has 1 atom stereocenters. The molecule has 2 aromatic rings. The number of aliphatic hydroxyl groups excluding tert-OH is 1. The van der Waals surface area contributed by atoms with Crippen molar-refractivity contribution in [2.75, 3.05) is 13.1 Å². The Morgan fingerprint density at radius 2 is 1.96 bits per heavy atom. The fourth-order valence-corrected chi connectivity index (χ4v) is 3.09. The quantitative estimate of drug-likeness (QED) is 0.932. The molecule has 0 spiro atoms. The fraction of sp³-hybridized carbons (Fsp3) is 0.286. The van der Waals surface area contributed by atoms with E-state index in [0.717, 1.165) is 12.0 Å². The van der Waals surface area contributed by atoms with Crippen LogP contribution in [0.5, 0.6) is 0 Å². The third-order valence-electron chi connectivity index (χ3n) is 4.50. The Bertz CT molecular complexity index is 737. The Balaban J connectivity index is 1.60. The first-order valence-corrected chi connectivity index (χ1v) is 8.40. The summed E-state index contributed by atoms with van der Waals surface area (Å²) in [6.07, 6.45) is 2.39. The van der Waals surface area contributed by atoms with Gasteiger partial charge in [-0.05, 0) is 30.0 Å². The van der Waals surface area contributed by atoms with Gasteiger partial charge in [0, 0.05) is 13.1 Å². The van der Waals surface area contributed by atoms with E-state index in [1.54, 1.807) is 0 Å². The number of benzene rings is 2. The summed E-state index contributed by atoms with van der Waals surface area (Å²) in [6, 6.07) is 17.8. The highest BCUT2D eigenvalue weighted by molar-refractivity contribution is 5.79. The maximum Gasteiger partial charge on any atom is 0.225 e. The van der Waals surface area contributed by atoms with Gasteiger partial charge in [0.25, 0.3) is 0 Å². The van der Waals surface area contributed by atoms with Crippen LogP contribution < -0.4 is 0 Å². The Kier molecular flexibility index (Phi) is 5.11. The Labute approximate surface area is 143 Å². The average molecular weight is 321 g/mol. The predicted molar refractivity (Wildman–Crippen MR) is 96.4 cm³/mol. The number of nitrogens with zero attached hydrogens (tertiary/aromatic N) is 1. The molecule has 1 aliphatic rings. The molecule has 0 aliphatic carbocycles. The highest BCUT2D eigenvalue weighted by atomic mass is 16.3. The van der Waals surface area contributed by atoms with Crippen LogP contribution in [0.1, 0.15) is 35.6 Å². The van der Waals surface area contributed by atoms with Crippen LogP contribution in [0.2, 0.25) is 0 Å². The minimum absolute atomic E-state index is 0.00546. The van der Waals surface area contributed by atoms with Gasteiger partial charge >= 0.3 is 0 Å². The predicted octanol–water partition coefficient (Wildman–Crippen LogP) is 3.73. The molecular formula is C21H23NO2. The average Bonchev–Trinajstić information content (AvgIpc) is 2.62. The number of carbonyl (C=O) groups excluding carboxylic acids is 1. The van der Waals surface area contributed by atoms with E-state index in [2.05, 4.69) is 37.3 Å². The van der Waals surface area contributed by atoms with Crippen LogP contribution in [0.4, 0.5) is 0 Å². The largest absolute Gasteiger partial charge is 0.388 e. The molecule has 24 heavy (non-hydrogen) atoms. The molecule has 3 rings (SSSR count). The number of rotatable bonds is 4. The van der Waals surface area contributed by atoms with Gasteiger partial charge in [0.1, 0.15) is 0 Å². The molecule has 3 heteroatoms. The highest BCUT2D eigenvalue weighted by Crippen LogP contribution is 2.24. The van der Waals surface area contributed by atoms with E-state index in [1.807, 2.05) is 35.2 Å². The van der Waals surface area contributed by atoms with Crippen molar-refractivity contribution in [1.29, 1.82) is 0 Å². The van der Waals surface area contributed by atoms with E-state index < -0.39 is 6.10 Å². The van der Waals surface area contributed by atoms with Gasteiger partial charge in [0.05, 0.1) is 12.5 Å².